The number of aromatic nitrogens is 1. The summed E-state index contributed by atoms with van der Waals surface area (Å²) in [6.45, 7) is 7.53. The number of nitrogens with zero attached hydrogens (tertiary/aromatic N) is 3. The second-order valence-corrected chi connectivity index (χ2v) is 5.67. The summed E-state index contributed by atoms with van der Waals surface area (Å²) in [4.78, 5) is 20.4. The number of hydrogen-bond donors (Lipinski definition) is 2. The van der Waals surface area contributed by atoms with E-state index in [9.17, 15) is 4.79 Å². The molecule has 21 heavy (non-hydrogen) atoms. The van der Waals surface area contributed by atoms with Crippen LogP contribution in [0.4, 0.5) is 5.82 Å². The summed E-state index contributed by atoms with van der Waals surface area (Å²) in [7, 11) is 2.16. The Kier molecular flexibility index (Phi) is 5.52. The van der Waals surface area contributed by atoms with Gasteiger partial charge in [-0.15, -0.1) is 0 Å². The van der Waals surface area contributed by atoms with E-state index < -0.39 is 5.91 Å². The van der Waals surface area contributed by atoms with Gasteiger partial charge in [0.25, 0.3) is 5.91 Å². The minimum absolute atomic E-state index is 0.447. The van der Waals surface area contributed by atoms with E-state index in [1.54, 1.807) is 18.3 Å². The average Bonchev–Trinajstić information content (AvgIpc) is 2.48. The highest BCUT2D eigenvalue weighted by atomic mass is 16.1. The van der Waals surface area contributed by atoms with E-state index in [2.05, 4.69) is 34.1 Å². The van der Waals surface area contributed by atoms with Crippen molar-refractivity contribution in [3.8, 4) is 0 Å². The third-order valence-corrected chi connectivity index (χ3v) is 4.09. The average molecular weight is 291 g/mol. The van der Waals surface area contributed by atoms with Gasteiger partial charge in [0.05, 0.1) is 5.56 Å². The fourth-order valence-electron chi connectivity index (χ4n) is 2.59. The largest absolute Gasteiger partial charge is 0.369 e. The quantitative estimate of drug-likeness (QED) is 0.803. The van der Waals surface area contributed by atoms with E-state index in [-0.39, 0.29) is 0 Å². The molecule has 1 aliphatic heterocycles. The number of anilines is 1. The molecule has 1 saturated heterocycles. The van der Waals surface area contributed by atoms with Gasteiger partial charge in [0.1, 0.15) is 5.82 Å². The Bertz CT molecular complexity index is 471. The van der Waals surface area contributed by atoms with E-state index in [1.165, 1.54) is 0 Å². The molecular formula is C15H25N5O. The van der Waals surface area contributed by atoms with Crippen molar-refractivity contribution in [2.24, 2.45) is 5.73 Å². The van der Waals surface area contributed by atoms with Crippen LogP contribution in [0.5, 0.6) is 0 Å². The summed E-state index contributed by atoms with van der Waals surface area (Å²) < 4.78 is 0. The molecule has 0 bridgehead atoms. The van der Waals surface area contributed by atoms with E-state index in [4.69, 9.17) is 5.73 Å². The van der Waals surface area contributed by atoms with Crippen LogP contribution in [0.1, 0.15) is 23.7 Å². The molecule has 2 rings (SSSR count). The second kappa shape index (κ2) is 7.38. The molecule has 0 aromatic carbocycles. The van der Waals surface area contributed by atoms with Crippen molar-refractivity contribution in [3.05, 3.63) is 23.9 Å². The Hall–Kier alpha value is -1.66. The van der Waals surface area contributed by atoms with Gasteiger partial charge in [-0.25, -0.2) is 4.98 Å². The first-order valence-corrected chi connectivity index (χ1v) is 7.49. The summed E-state index contributed by atoms with van der Waals surface area (Å²) in [5, 5.41) is 3.22. The summed E-state index contributed by atoms with van der Waals surface area (Å²) in [5.74, 6) is 0.133. The monoisotopic (exact) mass is 291 g/mol. The number of pyridine rings is 1. The van der Waals surface area contributed by atoms with E-state index in [1.807, 2.05) is 0 Å². The van der Waals surface area contributed by atoms with E-state index >= 15 is 0 Å². The smallest absolute Gasteiger partial charge is 0.252 e. The number of nitrogens with two attached hydrogens (primary N) is 1. The minimum atomic E-state index is -0.447. The Labute approximate surface area is 126 Å². The maximum atomic E-state index is 11.3. The van der Waals surface area contributed by atoms with Crippen LogP contribution in [0.25, 0.3) is 0 Å². The third kappa shape index (κ3) is 4.41. The van der Waals surface area contributed by atoms with Crippen LogP contribution >= 0.6 is 0 Å². The molecule has 1 atom stereocenters. The van der Waals surface area contributed by atoms with Crippen LogP contribution < -0.4 is 11.1 Å². The summed E-state index contributed by atoms with van der Waals surface area (Å²) in [6.07, 6.45) is 2.68. The zero-order valence-corrected chi connectivity index (χ0v) is 12.9. The first-order chi connectivity index (χ1) is 10.1. The summed E-state index contributed by atoms with van der Waals surface area (Å²) in [5.41, 5.74) is 5.79. The third-order valence-electron chi connectivity index (χ3n) is 4.09. The van der Waals surface area contributed by atoms with E-state index in [0.717, 1.165) is 39.1 Å². The van der Waals surface area contributed by atoms with Crippen molar-refractivity contribution in [2.45, 2.75) is 19.4 Å². The van der Waals surface area contributed by atoms with Crippen LogP contribution in [0.3, 0.4) is 0 Å². The molecule has 1 aromatic rings. The number of piperazine rings is 1. The van der Waals surface area contributed by atoms with Crippen LogP contribution in [-0.2, 0) is 0 Å². The van der Waals surface area contributed by atoms with Crippen molar-refractivity contribution in [2.75, 3.05) is 45.1 Å². The van der Waals surface area contributed by atoms with Gasteiger partial charge in [-0.05, 0) is 32.5 Å². The van der Waals surface area contributed by atoms with Crippen LogP contribution in [0, 0.1) is 0 Å². The van der Waals surface area contributed by atoms with Crippen molar-refractivity contribution in [1.82, 2.24) is 14.8 Å². The zero-order valence-electron chi connectivity index (χ0n) is 12.9. The van der Waals surface area contributed by atoms with E-state index in [0.29, 0.717) is 17.4 Å². The number of rotatable bonds is 6. The standard InChI is InChI=1S/C15H25N5O/c1-12(20-10-8-19(2)9-11-20)5-7-18-15-13(14(16)21)4-3-6-17-15/h3-4,6,12H,5,7-11H2,1-2H3,(H2,16,21)(H,17,18). The number of nitrogens with one attached hydrogen (secondary N) is 1. The van der Waals surface area contributed by atoms with Crippen LogP contribution in [-0.4, -0.2) is 66.5 Å². The van der Waals surface area contributed by atoms with Gasteiger partial charge in [-0.3, -0.25) is 9.69 Å². The predicted molar refractivity (Wildman–Crippen MR) is 84.4 cm³/mol. The molecule has 116 valence electrons. The molecule has 6 nitrogen and oxygen atoms in total. The van der Waals surface area contributed by atoms with Crippen molar-refractivity contribution in [1.29, 1.82) is 0 Å². The first kappa shape index (κ1) is 15.7. The lowest BCUT2D eigenvalue weighted by Crippen LogP contribution is -2.48. The van der Waals surface area contributed by atoms with Crippen molar-refractivity contribution in [3.63, 3.8) is 0 Å². The van der Waals surface area contributed by atoms with Gasteiger partial charge in [-0.1, -0.05) is 0 Å². The molecule has 0 saturated carbocycles. The Morgan fingerprint density at radius 1 is 1.43 bits per heavy atom. The fraction of sp³-hybridized carbons (Fsp3) is 0.600. The number of likely N-dealkylation sites (N-methyl/N-ethyl adjacent to an activating group) is 1. The molecular weight excluding hydrogens is 266 g/mol. The highest BCUT2D eigenvalue weighted by Gasteiger charge is 2.18. The topological polar surface area (TPSA) is 74.5 Å². The lowest BCUT2D eigenvalue weighted by Gasteiger charge is -2.36. The number of carbonyl (C=O) groups is 1. The predicted octanol–water partition coefficient (Wildman–Crippen LogP) is 0.618. The van der Waals surface area contributed by atoms with Gasteiger partial charge in [0.15, 0.2) is 0 Å². The Morgan fingerprint density at radius 2 is 2.14 bits per heavy atom. The molecule has 2 heterocycles. The Balaban J connectivity index is 1.80. The maximum Gasteiger partial charge on any atom is 0.252 e. The lowest BCUT2D eigenvalue weighted by atomic mass is 10.1. The van der Waals surface area contributed by atoms with Crippen LogP contribution in [0.2, 0.25) is 0 Å². The molecule has 3 N–H and O–H groups in total. The SMILES string of the molecule is CC(CCNc1ncccc1C(N)=O)N1CCN(C)CC1. The van der Waals surface area contributed by atoms with Gasteiger partial charge in [0.2, 0.25) is 0 Å². The van der Waals surface area contributed by atoms with Gasteiger partial charge >= 0.3 is 0 Å². The molecule has 0 radical (unpaired) electrons. The minimum Gasteiger partial charge on any atom is -0.369 e. The molecule has 1 amide bonds. The second-order valence-electron chi connectivity index (χ2n) is 5.67. The number of amides is 1. The lowest BCUT2D eigenvalue weighted by molar-refractivity contribution is 0.100. The molecule has 6 heteroatoms. The fourth-order valence-corrected chi connectivity index (χ4v) is 2.59. The number of hydrogen-bond acceptors (Lipinski definition) is 5. The molecule has 0 aliphatic carbocycles. The normalized spacial score (nSPS) is 18.4. The van der Waals surface area contributed by atoms with Gasteiger partial charge in [-0.2, -0.15) is 0 Å². The van der Waals surface area contributed by atoms with Gasteiger partial charge < -0.3 is 16.0 Å². The summed E-state index contributed by atoms with van der Waals surface area (Å²) >= 11 is 0. The van der Waals surface area contributed by atoms with Crippen molar-refractivity contribution >= 4 is 11.7 Å². The zero-order chi connectivity index (χ0) is 15.2. The number of primary amides is 1. The van der Waals surface area contributed by atoms with Gasteiger partial charge in [0, 0.05) is 45.0 Å². The Morgan fingerprint density at radius 3 is 2.81 bits per heavy atom. The van der Waals surface area contributed by atoms with Crippen LogP contribution in [0.15, 0.2) is 18.3 Å². The van der Waals surface area contributed by atoms with Crippen molar-refractivity contribution < 1.29 is 4.79 Å². The highest BCUT2D eigenvalue weighted by molar-refractivity contribution is 5.97. The molecule has 0 spiro atoms. The molecule has 1 aliphatic rings. The molecule has 1 fully saturated rings. The molecule has 1 aromatic heterocycles. The summed E-state index contributed by atoms with van der Waals surface area (Å²) in [6, 6.07) is 3.94. The first-order valence-electron chi connectivity index (χ1n) is 7.49. The maximum absolute atomic E-state index is 11.3. The molecule has 1 unspecified atom stereocenters. The number of carbonyl (C=O) groups excluding carboxylic acids is 1. The highest BCUT2D eigenvalue weighted by Crippen LogP contribution is 2.12.